The van der Waals surface area contributed by atoms with Gasteiger partial charge in [-0.2, -0.15) is 0 Å². The molecule has 1 aliphatic rings. The van der Waals surface area contributed by atoms with Gasteiger partial charge in [0.1, 0.15) is 5.60 Å². The molecule has 0 aromatic rings. The number of carbonyl (C=O) groups is 1. The fraction of sp³-hybridized carbons (Fsp3) is 0.929. The molecule has 1 atom stereocenters. The Bertz CT molecular complexity index is 265. The number of rotatable bonds is 3. The van der Waals surface area contributed by atoms with E-state index in [0.29, 0.717) is 6.04 Å². The van der Waals surface area contributed by atoms with E-state index in [1.807, 2.05) is 32.7 Å². The molecule has 1 heterocycles. The van der Waals surface area contributed by atoms with Crippen LogP contribution >= 0.6 is 0 Å². The van der Waals surface area contributed by atoms with Crippen LogP contribution < -0.4 is 5.32 Å². The van der Waals surface area contributed by atoms with Crippen molar-refractivity contribution in [1.82, 2.24) is 10.2 Å². The van der Waals surface area contributed by atoms with Crippen LogP contribution in [0.1, 0.15) is 47.0 Å². The zero-order valence-corrected chi connectivity index (χ0v) is 12.5. The lowest BCUT2D eigenvalue weighted by Crippen LogP contribution is -2.42. The molecule has 0 aromatic heterocycles. The van der Waals surface area contributed by atoms with Crippen LogP contribution in [-0.4, -0.2) is 42.8 Å². The number of carbonyl (C=O) groups excluding carboxylic acids is 1. The minimum atomic E-state index is -0.394. The van der Waals surface area contributed by atoms with Gasteiger partial charge in [-0.1, -0.05) is 0 Å². The molecule has 18 heavy (non-hydrogen) atoms. The van der Waals surface area contributed by atoms with Crippen molar-refractivity contribution in [2.75, 3.05) is 20.1 Å². The van der Waals surface area contributed by atoms with Crippen LogP contribution in [0.25, 0.3) is 0 Å². The summed E-state index contributed by atoms with van der Waals surface area (Å²) in [7, 11) is 2.00. The van der Waals surface area contributed by atoms with Crippen LogP contribution in [0.2, 0.25) is 0 Å². The molecule has 1 N–H and O–H groups in total. The summed E-state index contributed by atoms with van der Waals surface area (Å²) in [6.45, 7) is 9.59. The minimum Gasteiger partial charge on any atom is -0.444 e. The summed E-state index contributed by atoms with van der Waals surface area (Å²) in [5.74, 6) is 0.728. The molecule has 0 saturated carbocycles. The van der Waals surface area contributed by atoms with Crippen molar-refractivity contribution in [3.63, 3.8) is 0 Å². The van der Waals surface area contributed by atoms with Gasteiger partial charge < -0.3 is 15.0 Å². The summed E-state index contributed by atoms with van der Waals surface area (Å²) in [5.41, 5.74) is -0.394. The first-order valence-electron chi connectivity index (χ1n) is 6.97. The predicted octanol–water partition coefficient (Wildman–Crippen LogP) is 2.63. The zero-order valence-electron chi connectivity index (χ0n) is 12.5. The van der Waals surface area contributed by atoms with Crippen LogP contribution in [0.15, 0.2) is 0 Å². The van der Waals surface area contributed by atoms with Crippen molar-refractivity contribution in [2.45, 2.75) is 58.6 Å². The van der Waals surface area contributed by atoms with Gasteiger partial charge in [-0.15, -0.1) is 0 Å². The summed E-state index contributed by atoms with van der Waals surface area (Å²) in [4.78, 5) is 13.7. The van der Waals surface area contributed by atoms with Crippen LogP contribution in [0, 0.1) is 5.92 Å². The van der Waals surface area contributed by atoms with Crippen molar-refractivity contribution in [3.8, 4) is 0 Å². The second-order valence-electron chi connectivity index (χ2n) is 6.34. The molecule has 1 unspecified atom stereocenters. The Morgan fingerprint density at radius 1 is 1.39 bits per heavy atom. The van der Waals surface area contributed by atoms with Gasteiger partial charge in [0.25, 0.3) is 0 Å². The summed E-state index contributed by atoms with van der Waals surface area (Å²) in [6, 6.07) is 0.558. The summed E-state index contributed by atoms with van der Waals surface area (Å²) in [6.07, 6.45) is 3.21. The highest BCUT2D eigenvalue weighted by molar-refractivity contribution is 5.68. The van der Waals surface area contributed by atoms with E-state index in [2.05, 4.69) is 12.2 Å². The predicted molar refractivity (Wildman–Crippen MR) is 73.7 cm³/mol. The molecule has 0 bridgehead atoms. The molecule has 1 aliphatic heterocycles. The topological polar surface area (TPSA) is 41.6 Å². The van der Waals surface area contributed by atoms with Crippen LogP contribution in [0.3, 0.4) is 0 Å². The molecule has 1 amide bonds. The third kappa shape index (κ3) is 5.25. The maximum absolute atomic E-state index is 11.9. The first kappa shape index (κ1) is 15.3. The number of nitrogens with zero attached hydrogens (tertiary/aromatic N) is 1. The Morgan fingerprint density at radius 3 is 2.39 bits per heavy atom. The van der Waals surface area contributed by atoms with Crippen LogP contribution in [0.4, 0.5) is 4.79 Å². The average molecular weight is 256 g/mol. The number of amides is 1. The number of likely N-dealkylation sites (tertiary alicyclic amines) is 1. The van der Waals surface area contributed by atoms with Gasteiger partial charge in [0.15, 0.2) is 0 Å². The first-order valence-corrected chi connectivity index (χ1v) is 6.97. The second-order valence-corrected chi connectivity index (χ2v) is 6.34. The van der Waals surface area contributed by atoms with E-state index in [1.54, 1.807) is 0 Å². The largest absolute Gasteiger partial charge is 0.444 e. The van der Waals surface area contributed by atoms with Gasteiger partial charge in [0, 0.05) is 19.1 Å². The number of hydrogen-bond acceptors (Lipinski definition) is 3. The standard InChI is InChI=1S/C14H28N2O2/c1-11(15-5)10-12-6-8-16(9-7-12)13(17)18-14(2,3)4/h11-12,15H,6-10H2,1-5H3. The highest BCUT2D eigenvalue weighted by Crippen LogP contribution is 2.23. The fourth-order valence-corrected chi connectivity index (χ4v) is 2.30. The number of hydrogen-bond donors (Lipinski definition) is 1. The first-order chi connectivity index (χ1) is 8.31. The third-order valence-electron chi connectivity index (χ3n) is 3.45. The lowest BCUT2D eigenvalue weighted by atomic mass is 9.91. The Labute approximate surface area is 111 Å². The Hall–Kier alpha value is -0.770. The minimum absolute atomic E-state index is 0.164. The molecule has 0 spiro atoms. The van der Waals surface area contributed by atoms with Crippen LogP contribution in [0.5, 0.6) is 0 Å². The summed E-state index contributed by atoms with van der Waals surface area (Å²) < 4.78 is 5.39. The molecule has 106 valence electrons. The average Bonchev–Trinajstić information content (AvgIpc) is 2.27. The quantitative estimate of drug-likeness (QED) is 0.844. The van der Waals surface area contributed by atoms with Crippen molar-refractivity contribution < 1.29 is 9.53 Å². The summed E-state index contributed by atoms with van der Waals surface area (Å²) >= 11 is 0. The third-order valence-corrected chi connectivity index (χ3v) is 3.45. The molecule has 0 radical (unpaired) electrons. The molecule has 4 nitrogen and oxygen atoms in total. The van der Waals surface area contributed by atoms with Gasteiger partial charge in [-0.3, -0.25) is 0 Å². The van der Waals surface area contributed by atoms with E-state index in [4.69, 9.17) is 4.74 Å². The van der Waals surface area contributed by atoms with E-state index >= 15 is 0 Å². The van der Waals surface area contributed by atoms with Gasteiger partial charge in [0.05, 0.1) is 0 Å². The Kier molecular flexibility index (Phi) is 5.45. The molecule has 1 saturated heterocycles. The highest BCUT2D eigenvalue weighted by atomic mass is 16.6. The molecule has 4 heteroatoms. The monoisotopic (exact) mass is 256 g/mol. The zero-order chi connectivity index (χ0) is 13.8. The van der Waals surface area contributed by atoms with E-state index < -0.39 is 5.60 Å². The van der Waals surface area contributed by atoms with E-state index in [-0.39, 0.29) is 6.09 Å². The van der Waals surface area contributed by atoms with Crippen molar-refractivity contribution in [2.24, 2.45) is 5.92 Å². The smallest absolute Gasteiger partial charge is 0.410 e. The maximum atomic E-state index is 11.9. The lowest BCUT2D eigenvalue weighted by molar-refractivity contribution is 0.0179. The number of nitrogens with one attached hydrogen (secondary N) is 1. The lowest BCUT2D eigenvalue weighted by Gasteiger charge is -2.34. The molecular formula is C14H28N2O2. The van der Waals surface area contributed by atoms with Crippen molar-refractivity contribution in [1.29, 1.82) is 0 Å². The molecular weight excluding hydrogens is 228 g/mol. The van der Waals surface area contributed by atoms with Gasteiger partial charge >= 0.3 is 6.09 Å². The SMILES string of the molecule is CNC(C)CC1CCN(C(=O)OC(C)(C)C)CC1. The van der Waals surface area contributed by atoms with E-state index in [0.717, 1.165) is 31.8 Å². The normalized spacial score (nSPS) is 19.7. The van der Waals surface area contributed by atoms with Gasteiger partial charge in [0.2, 0.25) is 0 Å². The van der Waals surface area contributed by atoms with Crippen molar-refractivity contribution >= 4 is 6.09 Å². The Morgan fingerprint density at radius 2 is 1.94 bits per heavy atom. The number of piperidine rings is 1. The van der Waals surface area contributed by atoms with Crippen LogP contribution in [-0.2, 0) is 4.74 Å². The molecule has 1 fully saturated rings. The molecule has 0 aliphatic carbocycles. The Balaban J connectivity index is 2.33. The van der Waals surface area contributed by atoms with Gasteiger partial charge in [-0.25, -0.2) is 4.79 Å². The molecule has 0 aromatic carbocycles. The van der Waals surface area contributed by atoms with E-state index in [1.165, 1.54) is 6.42 Å². The highest BCUT2D eigenvalue weighted by Gasteiger charge is 2.27. The van der Waals surface area contributed by atoms with E-state index in [9.17, 15) is 4.79 Å². The fourth-order valence-electron chi connectivity index (χ4n) is 2.30. The summed E-state index contributed by atoms with van der Waals surface area (Å²) in [5, 5.41) is 3.27. The maximum Gasteiger partial charge on any atom is 0.410 e. The van der Waals surface area contributed by atoms with Gasteiger partial charge in [-0.05, 0) is 59.9 Å². The molecule has 1 rings (SSSR count). The van der Waals surface area contributed by atoms with Crippen molar-refractivity contribution in [3.05, 3.63) is 0 Å². The number of ether oxygens (including phenoxy) is 1. The second kappa shape index (κ2) is 6.41.